The van der Waals surface area contributed by atoms with E-state index in [-0.39, 0.29) is 17.7 Å². The van der Waals surface area contributed by atoms with E-state index in [1.165, 1.54) is 22.9 Å². The van der Waals surface area contributed by atoms with Crippen LogP contribution in [0.2, 0.25) is 0 Å². The monoisotopic (exact) mass is 598 g/mol. The molecule has 0 bridgehead atoms. The lowest BCUT2D eigenvalue weighted by atomic mass is 9.93. The lowest BCUT2D eigenvalue weighted by molar-refractivity contribution is -0.116. The molecule has 11 heteroatoms. The summed E-state index contributed by atoms with van der Waals surface area (Å²) in [5, 5.41) is 9.28. The van der Waals surface area contributed by atoms with Crippen LogP contribution in [0.5, 0.6) is 5.75 Å². The first-order valence-electron chi connectivity index (χ1n) is 15.0. The number of benzene rings is 2. The Balaban J connectivity index is 1.54. The highest BCUT2D eigenvalue weighted by atomic mass is 16.5. The van der Waals surface area contributed by atoms with Crippen LogP contribution in [0, 0.1) is 0 Å². The number of anilines is 6. The average Bonchev–Trinajstić information content (AvgIpc) is 3.40. The molecule has 1 atom stereocenters. The van der Waals surface area contributed by atoms with Crippen molar-refractivity contribution in [2.75, 3.05) is 80.2 Å². The largest absolute Gasteiger partial charge is 0.494 e. The maximum atomic E-state index is 12.5. The van der Waals surface area contributed by atoms with Crippen molar-refractivity contribution in [1.29, 1.82) is 0 Å². The summed E-state index contributed by atoms with van der Waals surface area (Å²) in [5.74, 6) is 0.472. The van der Waals surface area contributed by atoms with Gasteiger partial charge in [0.15, 0.2) is 0 Å². The lowest BCUT2D eigenvalue weighted by Crippen LogP contribution is -2.29. The van der Waals surface area contributed by atoms with Crippen molar-refractivity contribution >= 4 is 46.2 Å². The predicted octanol–water partition coefficient (Wildman–Crippen LogP) is 4.60. The zero-order valence-electron chi connectivity index (χ0n) is 26.2. The Labute approximate surface area is 259 Å². The lowest BCUT2D eigenvalue weighted by Gasteiger charge is -2.27. The number of nitrogens with one attached hydrogen (secondary N) is 3. The first-order valence-corrected chi connectivity index (χ1v) is 15.0. The molecule has 1 unspecified atom stereocenters. The van der Waals surface area contributed by atoms with Crippen molar-refractivity contribution in [2.45, 2.75) is 32.1 Å². The molecule has 0 saturated carbocycles. The first-order chi connectivity index (χ1) is 21.2. The van der Waals surface area contributed by atoms with Gasteiger partial charge in [-0.15, -0.1) is 0 Å². The summed E-state index contributed by atoms with van der Waals surface area (Å²) in [6.07, 6.45) is 5.44. The Morgan fingerprint density at radius 1 is 1.14 bits per heavy atom. The molecule has 3 aromatic rings. The smallest absolute Gasteiger partial charge is 0.247 e. The minimum atomic E-state index is -0.320. The highest BCUT2D eigenvalue weighted by molar-refractivity contribution is 6.02. The van der Waals surface area contributed by atoms with Crippen LogP contribution < -0.4 is 30.5 Å². The number of rotatable bonds is 12. The number of nitrogens with zero attached hydrogens (tertiary/aromatic N) is 5. The van der Waals surface area contributed by atoms with E-state index in [2.05, 4.69) is 60.4 Å². The molecule has 0 spiro atoms. The van der Waals surface area contributed by atoms with E-state index in [1.54, 1.807) is 13.3 Å². The summed E-state index contributed by atoms with van der Waals surface area (Å²) in [7, 11) is 7.61. The molecular formula is C33H42N8O3. The van der Waals surface area contributed by atoms with Gasteiger partial charge in [0.05, 0.1) is 41.8 Å². The van der Waals surface area contributed by atoms with Gasteiger partial charge in [0.1, 0.15) is 5.75 Å². The van der Waals surface area contributed by atoms with E-state index in [0.29, 0.717) is 35.2 Å². The maximum absolute atomic E-state index is 12.5. The summed E-state index contributed by atoms with van der Waals surface area (Å²) >= 11 is 0. The average molecular weight is 599 g/mol. The molecule has 0 radical (unpaired) electrons. The number of ether oxygens (including phenoxy) is 1. The molecule has 11 nitrogen and oxygen atoms in total. The van der Waals surface area contributed by atoms with Crippen LogP contribution >= 0.6 is 0 Å². The number of likely N-dealkylation sites (N-methyl/N-ethyl adjacent to an activating group) is 2. The second-order valence-corrected chi connectivity index (χ2v) is 11.5. The third kappa shape index (κ3) is 6.47. The normalized spacial score (nSPS) is 15.0. The van der Waals surface area contributed by atoms with Crippen molar-refractivity contribution in [1.82, 2.24) is 14.9 Å². The van der Waals surface area contributed by atoms with Crippen molar-refractivity contribution in [3.63, 3.8) is 0 Å². The fourth-order valence-electron chi connectivity index (χ4n) is 5.87. The Morgan fingerprint density at radius 3 is 2.68 bits per heavy atom. The topological polar surface area (TPSA) is 115 Å². The first kappa shape index (κ1) is 30.8. The number of aryl methyl sites for hydroxylation is 1. The number of hydrogen-bond acceptors (Lipinski definition) is 9. The molecule has 2 aliphatic rings. The Kier molecular flexibility index (Phi) is 9.34. The third-order valence-corrected chi connectivity index (χ3v) is 8.16. The minimum Gasteiger partial charge on any atom is -0.494 e. The standard InChI is InChI=1S/C33H42N8O3/c1-7-29(42)35-24-17-25(28(44-6)18-27(24)40(5)16-15-39(3)4)37-33-34-19-26(36-30(43)8-2)31(38-33)23-20-41-14-10-12-21-11-9-13-22(23)32(21)41/h7,9,11,13,17-19,23H,1,8,10,12,14-16,20H2,2-6H3,(H,35,42)(H,36,43)(H,34,37,38). The van der Waals surface area contributed by atoms with Crippen LogP contribution in [-0.2, 0) is 16.0 Å². The van der Waals surface area contributed by atoms with Crippen LogP contribution in [0.25, 0.3) is 0 Å². The van der Waals surface area contributed by atoms with Gasteiger partial charge in [0, 0.05) is 57.3 Å². The van der Waals surface area contributed by atoms with Crippen molar-refractivity contribution < 1.29 is 14.3 Å². The predicted molar refractivity (Wildman–Crippen MR) is 177 cm³/mol. The molecule has 232 valence electrons. The summed E-state index contributed by atoms with van der Waals surface area (Å²) in [6.45, 7) is 8.78. The van der Waals surface area contributed by atoms with E-state index in [9.17, 15) is 9.59 Å². The third-order valence-electron chi connectivity index (χ3n) is 8.16. The minimum absolute atomic E-state index is 0.0317. The summed E-state index contributed by atoms with van der Waals surface area (Å²) in [6, 6.07) is 10.2. The van der Waals surface area contributed by atoms with Gasteiger partial charge in [-0.2, -0.15) is 0 Å². The van der Waals surface area contributed by atoms with Gasteiger partial charge in [-0.1, -0.05) is 31.7 Å². The molecular weight excluding hydrogens is 556 g/mol. The Morgan fingerprint density at radius 2 is 1.95 bits per heavy atom. The van der Waals surface area contributed by atoms with Gasteiger partial charge in [0.2, 0.25) is 17.8 Å². The van der Waals surface area contributed by atoms with Gasteiger partial charge >= 0.3 is 0 Å². The molecule has 2 aromatic carbocycles. The quantitative estimate of drug-likeness (QED) is 0.257. The molecule has 44 heavy (non-hydrogen) atoms. The van der Waals surface area contributed by atoms with Gasteiger partial charge in [-0.3, -0.25) is 9.59 Å². The Hall–Kier alpha value is -4.64. The molecule has 1 aromatic heterocycles. The second kappa shape index (κ2) is 13.3. The van der Waals surface area contributed by atoms with Crippen LogP contribution in [-0.4, -0.2) is 81.1 Å². The van der Waals surface area contributed by atoms with E-state index in [4.69, 9.17) is 9.72 Å². The maximum Gasteiger partial charge on any atom is 0.247 e. The van der Waals surface area contributed by atoms with Gasteiger partial charge in [-0.25, -0.2) is 9.97 Å². The molecule has 3 N–H and O–H groups in total. The molecule has 0 fully saturated rings. The molecule has 2 amide bonds. The molecule has 0 aliphatic carbocycles. The number of amides is 2. The zero-order valence-corrected chi connectivity index (χ0v) is 26.2. The van der Waals surface area contributed by atoms with E-state index < -0.39 is 0 Å². The molecule has 2 aliphatic heterocycles. The summed E-state index contributed by atoms with van der Waals surface area (Å²) < 4.78 is 5.78. The number of para-hydroxylation sites is 1. The second-order valence-electron chi connectivity index (χ2n) is 11.5. The number of hydrogen-bond donors (Lipinski definition) is 3. The highest BCUT2D eigenvalue weighted by Gasteiger charge is 2.35. The van der Waals surface area contributed by atoms with Crippen LogP contribution in [0.1, 0.15) is 42.5 Å². The van der Waals surface area contributed by atoms with Crippen LogP contribution in [0.4, 0.5) is 34.4 Å². The van der Waals surface area contributed by atoms with Crippen molar-refractivity contribution in [3.8, 4) is 5.75 Å². The highest BCUT2D eigenvalue weighted by Crippen LogP contribution is 2.46. The SMILES string of the molecule is C=CC(=O)Nc1cc(Nc2ncc(NC(=O)CC)c(C3CN4CCCc5cccc3c54)n2)c(OC)cc1N(C)CCN(C)C. The van der Waals surface area contributed by atoms with Gasteiger partial charge < -0.3 is 35.4 Å². The number of carbonyl (C=O) groups is 2. The zero-order chi connectivity index (χ0) is 31.4. The molecule has 3 heterocycles. The van der Waals surface area contributed by atoms with E-state index in [1.807, 2.05) is 40.2 Å². The van der Waals surface area contributed by atoms with E-state index >= 15 is 0 Å². The van der Waals surface area contributed by atoms with Crippen molar-refractivity contribution in [3.05, 3.63) is 66.0 Å². The molecule has 0 saturated heterocycles. The number of carbonyl (C=O) groups excluding carboxylic acids is 2. The fraction of sp³-hybridized carbons (Fsp3) is 0.394. The van der Waals surface area contributed by atoms with Crippen molar-refractivity contribution in [2.24, 2.45) is 0 Å². The van der Waals surface area contributed by atoms with Gasteiger partial charge in [-0.05, 0) is 50.2 Å². The van der Waals surface area contributed by atoms with Crippen LogP contribution in [0.15, 0.2) is 49.2 Å². The van der Waals surface area contributed by atoms with Gasteiger partial charge in [0.25, 0.3) is 0 Å². The molecule has 5 rings (SSSR count). The number of methoxy groups -OCH3 is 1. The van der Waals surface area contributed by atoms with Crippen LogP contribution in [0.3, 0.4) is 0 Å². The Bertz CT molecular complexity index is 1560. The fourth-order valence-corrected chi connectivity index (χ4v) is 5.87. The van der Waals surface area contributed by atoms with E-state index in [0.717, 1.165) is 50.4 Å². The number of aromatic nitrogens is 2. The summed E-state index contributed by atoms with van der Waals surface area (Å²) in [5.41, 5.74) is 7.21. The summed E-state index contributed by atoms with van der Waals surface area (Å²) in [4.78, 5) is 41.1.